The molecule has 0 fully saturated rings. The molecular formula is C39H23N3O. The summed E-state index contributed by atoms with van der Waals surface area (Å²) in [5.41, 5.74) is 9.45. The predicted octanol–water partition coefficient (Wildman–Crippen LogP) is 10.2. The van der Waals surface area contributed by atoms with Gasteiger partial charge in [0.25, 0.3) is 0 Å². The van der Waals surface area contributed by atoms with Gasteiger partial charge in [-0.25, -0.2) is 9.97 Å². The van der Waals surface area contributed by atoms with Crippen LogP contribution in [0.2, 0.25) is 0 Å². The molecule has 4 nitrogen and oxygen atoms in total. The van der Waals surface area contributed by atoms with Gasteiger partial charge in [0.1, 0.15) is 11.2 Å². The van der Waals surface area contributed by atoms with Crippen LogP contribution in [0.3, 0.4) is 0 Å². The van der Waals surface area contributed by atoms with E-state index >= 15 is 0 Å². The first-order chi connectivity index (χ1) is 21.3. The molecule has 9 rings (SSSR count). The summed E-state index contributed by atoms with van der Waals surface area (Å²) in [6.45, 7) is 0. The van der Waals surface area contributed by atoms with Gasteiger partial charge in [-0.1, -0.05) is 97.1 Å². The van der Waals surface area contributed by atoms with Crippen molar-refractivity contribution in [3.05, 3.63) is 140 Å². The Morgan fingerprint density at radius 2 is 1.16 bits per heavy atom. The smallest absolute Gasteiger partial charge is 0.143 e. The minimum Gasteiger partial charge on any atom is -0.455 e. The second kappa shape index (κ2) is 9.33. The topological polar surface area (TPSA) is 51.8 Å². The van der Waals surface area contributed by atoms with E-state index in [9.17, 15) is 0 Å². The van der Waals surface area contributed by atoms with Crippen molar-refractivity contribution < 1.29 is 4.42 Å². The van der Waals surface area contributed by atoms with E-state index in [1.54, 1.807) is 0 Å². The average Bonchev–Trinajstić information content (AvgIpc) is 3.47. The van der Waals surface area contributed by atoms with Gasteiger partial charge in [0.2, 0.25) is 0 Å². The Bertz CT molecular complexity index is 2500. The fourth-order valence-corrected chi connectivity index (χ4v) is 6.28. The van der Waals surface area contributed by atoms with Crippen LogP contribution in [-0.4, -0.2) is 15.0 Å². The average molecular weight is 550 g/mol. The molecule has 0 saturated heterocycles. The molecule has 4 heteroatoms. The SMILES string of the molecule is c1ccc(-c2ccc3ccc4ccc(-c5cc6c(oc7cccc(-c8ccccn8)c76)c6ccccc56)nc4c3n2)cc1. The Labute approximate surface area is 246 Å². The summed E-state index contributed by atoms with van der Waals surface area (Å²) < 4.78 is 6.54. The van der Waals surface area contributed by atoms with Crippen LogP contribution in [0.15, 0.2) is 144 Å². The van der Waals surface area contributed by atoms with Crippen LogP contribution in [0, 0.1) is 0 Å². The summed E-state index contributed by atoms with van der Waals surface area (Å²) in [5, 5.41) is 6.39. The van der Waals surface area contributed by atoms with Gasteiger partial charge in [-0.15, -0.1) is 0 Å². The molecule has 0 aliphatic rings. The standard InChI is InChI=1S/C39H23N3O/c1-2-9-24(10-3-1)32-20-18-25-16-17-26-19-21-34(42-38(26)37(25)41-32)30-23-31-36-29(33-14-6-7-22-40-33)13-8-15-35(36)43-39(31)28-12-5-4-11-27(28)30/h1-23H. The first-order valence-electron chi connectivity index (χ1n) is 14.4. The third-order valence-electron chi connectivity index (χ3n) is 8.31. The number of hydrogen-bond donors (Lipinski definition) is 0. The number of furan rings is 1. The van der Waals surface area contributed by atoms with Gasteiger partial charge in [0.05, 0.1) is 28.1 Å². The number of pyridine rings is 3. The van der Waals surface area contributed by atoms with Crippen molar-refractivity contribution in [3.63, 3.8) is 0 Å². The highest BCUT2D eigenvalue weighted by Crippen LogP contribution is 2.42. The third kappa shape index (κ3) is 3.74. The molecule has 0 aliphatic heterocycles. The molecule has 0 atom stereocenters. The van der Waals surface area contributed by atoms with Gasteiger partial charge in [0, 0.05) is 49.8 Å². The second-order valence-corrected chi connectivity index (χ2v) is 10.8. The molecule has 0 spiro atoms. The van der Waals surface area contributed by atoms with E-state index in [2.05, 4.69) is 89.9 Å². The number of fused-ring (bicyclic) bond motifs is 8. The summed E-state index contributed by atoms with van der Waals surface area (Å²) in [7, 11) is 0. The molecule has 0 aliphatic carbocycles. The zero-order valence-corrected chi connectivity index (χ0v) is 23.0. The zero-order valence-electron chi connectivity index (χ0n) is 23.0. The van der Waals surface area contributed by atoms with E-state index in [0.717, 1.165) is 88.3 Å². The van der Waals surface area contributed by atoms with Gasteiger partial charge < -0.3 is 4.42 Å². The fourth-order valence-electron chi connectivity index (χ4n) is 6.28. The molecule has 0 amide bonds. The van der Waals surface area contributed by atoms with Crippen molar-refractivity contribution in [1.82, 2.24) is 15.0 Å². The number of aromatic nitrogens is 3. The summed E-state index contributed by atoms with van der Waals surface area (Å²) in [6, 6.07) is 45.9. The van der Waals surface area contributed by atoms with Crippen LogP contribution in [0.4, 0.5) is 0 Å². The quantitative estimate of drug-likeness (QED) is 0.206. The Morgan fingerprint density at radius 3 is 1.95 bits per heavy atom. The molecule has 43 heavy (non-hydrogen) atoms. The zero-order chi connectivity index (χ0) is 28.3. The van der Waals surface area contributed by atoms with Crippen molar-refractivity contribution in [2.45, 2.75) is 0 Å². The van der Waals surface area contributed by atoms with Crippen LogP contribution in [-0.2, 0) is 0 Å². The molecule has 0 bridgehead atoms. The molecule has 9 aromatic rings. The number of benzene rings is 5. The highest BCUT2D eigenvalue weighted by molar-refractivity contribution is 6.22. The summed E-state index contributed by atoms with van der Waals surface area (Å²) in [4.78, 5) is 15.1. The summed E-state index contributed by atoms with van der Waals surface area (Å²) in [5.74, 6) is 0. The van der Waals surface area contributed by atoms with E-state index in [-0.39, 0.29) is 0 Å². The van der Waals surface area contributed by atoms with Crippen LogP contribution < -0.4 is 0 Å². The highest BCUT2D eigenvalue weighted by atomic mass is 16.3. The van der Waals surface area contributed by atoms with E-state index in [4.69, 9.17) is 14.4 Å². The van der Waals surface area contributed by atoms with Gasteiger partial charge >= 0.3 is 0 Å². The number of hydrogen-bond acceptors (Lipinski definition) is 4. The summed E-state index contributed by atoms with van der Waals surface area (Å²) in [6.07, 6.45) is 1.83. The van der Waals surface area contributed by atoms with Crippen LogP contribution in [0.25, 0.3) is 88.3 Å². The van der Waals surface area contributed by atoms with Crippen molar-refractivity contribution >= 4 is 54.5 Å². The van der Waals surface area contributed by atoms with E-state index < -0.39 is 0 Å². The Morgan fingerprint density at radius 1 is 0.465 bits per heavy atom. The van der Waals surface area contributed by atoms with E-state index in [1.165, 1.54) is 0 Å². The molecule has 5 aromatic carbocycles. The van der Waals surface area contributed by atoms with Gasteiger partial charge in [-0.2, -0.15) is 0 Å². The van der Waals surface area contributed by atoms with E-state index in [0.29, 0.717) is 0 Å². The largest absolute Gasteiger partial charge is 0.455 e. The first-order valence-corrected chi connectivity index (χ1v) is 14.4. The molecule has 200 valence electrons. The molecule has 0 radical (unpaired) electrons. The van der Waals surface area contributed by atoms with Gasteiger partial charge in [-0.05, 0) is 41.8 Å². The Kier molecular flexibility index (Phi) is 5.16. The minimum absolute atomic E-state index is 0.843. The predicted molar refractivity (Wildman–Crippen MR) is 176 cm³/mol. The Balaban J connectivity index is 1.34. The molecule has 0 N–H and O–H groups in total. The summed E-state index contributed by atoms with van der Waals surface area (Å²) >= 11 is 0. The third-order valence-corrected chi connectivity index (χ3v) is 8.31. The fraction of sp³-hybridized carbons (Fsp3) is 0. The lowest BCUT2D eigenvalue weighted by Gasteiger charge is -2.11. The number of rotatable bonds is 3. The van der Waals surface area contributed by atoms with Crippen molar-refractivity contribution in [2.75, 3.05) is 0 Å². The molecule has 4 heterocycles. The lowest BCUT2D eigenvalue weighted by molar-refractivity contribution is 0.673. The monoisotopic (exact) mass is 549 g/mol. The van der Waals surface area contributed by atoms with Crippen molar-refractivity contribution in [1.29, 1.82) is 0 Å². The first kappa shape index (κ1) is 23.8. The van der Waals surface area contributed by atoms with Crippen LogP contribution in [0.1, 0.15) is 0 Å². The lowest BCUT2D eigenvalue weighted by atomic mass is 9.95. The van der Waals surface area contributed by atoms with Crippen LogP contribution in [0.5, 0.6) is 0 Å². The normalized spacial score (nSPS) is 11.7. The lowest BCUT2D eigenvalue weighted by Crippen LogP contribution is -1.92. The van der Waals surface area contributed by atoms with Gasteiger partial charge in [0.15, 0.2) is 0 Å². The maximum Gasteiger partial charge on any atom is 0.143 e. The minimum atomic E-state index is 0.843. The van der Waals surface area contributed by atoms with Crippen LogP contribution >= 0.6 is 0 Å². The molecule has 0 saturated carbocycles. The molecular weight excluding hydrogens is 526 g/mol. The van der Waals surface area contributed by atoms with Gasteiger partial charge in [-0.3, -0.25) is 4.98 Å². The molecule has 0 unspecified atom stereocenters. The van der Waals surface area contributed by atoms with Crippen molar-refractivity contribution in [2.24, 2.45) is 0 Å². The maximum absolute atomic E-state index is 6.54. The highest BCUT2D eigenvalue weighted by Gasteiger charge is 2.19. The molecule has 4 aromatic heterocycles. The van der Waals surface area contributed by atoms with E-state index in [1.807, 2.05) is 54.7 Å². The number of nitrogens with zero attached hydrogens (tertiary/aromatic N) is 3. The Hall–Kier alpha value is -5.87. The van der Waals surface area contributed by atoms with Crippen molar-refractivity contribution in [3.8, 4) is 33.8 Å². The maximum atomic E-state index is 6.54. The second-order valence-electron chi connectivity index (χ2n) is 10.8.